The first-order chi connectivity index (χ1) is 16.6. The van der Waals surface area contributed by atoms with Crippen LogP contribution >= 0.6 is 0 Å². The lowest BCUT2D eigenvalue weighted by molar-refractivity contribution is -0.141. The summed E-state index contributed by atoms with van der Waals surface area (Å²) in [5.41, 5.74) is 2.54. The van der Waals surface area contributed by atoms with E-state index in [1.54, 1.807) is 4.90 Å². The number of nitrogens with zero attached hydrogens (tertiary/aromatic N) is 1. The molecule has 1 amide bonds. The zero-order valence-electron chi connectivity index (χ0n) is 18.8. The molecule has 0 spiro atoms. The second-order valence-corrected chi connectivity index (χ2v) is 9.31. The Balaban J connectivity index is 1.60. The number of ketones is 1. The highest BCUT2D eigenvalue weighted by atomic mass is 16.3. The van der Waals surface area contributed by atoms with Crippen LogP contribution in [0.2, 0.25) is 0 Å². The van der Waals surface area contributed by atoms with E-state index in [1.807, 2.05) is 72.9 Å². The van der Waals surface area contributed by atoms with Crippen LogP contribution in [-0.2, 0) is 9.59 Å². The van der Waals surface area contributed by atoms with Crippen molar-refractivity contribution in [2.24, 2.45) is 0 Å². The first-order valence-corrected chi connectivity index (χ1v) is 12.0. The van der Waals surface area contributed by atoms with Gasteiger partial charge in [0.15, 0.2) is 0 Å². The zero-order valence-corrected chi connectivity index (χ0v) is 18.8. The lowest BCUT2D eigenvalue weighted by Gasteiger charge is -2.35. The number of aromatic nitrogens is 1. The van der Waals surface area contributed by atoms with E-state index in [9.17, 15) is 14.7 Å². The van der Waals surface area contributed by atoms with E-state index >= 15 is 0 Å². The third-order valence-electron chi connectivity index (χ3n) is 7.41. The molecule has 4 aromatic rings. The monoisotopic (exact) mass is 450 g/mol. The standard InChI is InChI=1S/C29H26N2O3/c32-27(22-15-8-10-18-9-4-5-13-20(18)22)25-26(23-17-30-24-16-7-6-14-21(23)24)31(29(34)28(25)33)19-11-2-1-3-12-19/h4-10,13-17,19,26,30,32H,1-3,11-12H2/b27-25+. The molecule has 6 rings (SSSR count). The van der Waals surface area contributed by atoms with E-state index in [1.165, 1.54) is 0 Å². The Morgan fingerprint density at radius 1 is 0.853 bits per heavy atom. The highest BCUT2D eigenvalue weighted by Crippen LogP contribution is 2.45. The quantitative estimate of drug-likeness (QED) is 0.226. The largest absolute Gasteiger partial charge is 0.507 e. The topological polar surface area (TPSA) is 73.4 Å². The molecule has 170 valence electrons. The summed E-state index contributed by atoms with van der Waals surface area (Å²) in [5.74, 6) is -1.22. The number of benzene rings is 3. The van der Waals surface area contributed by atoms with Crippen molar-refractivity contribution >= 4 is 39.1 Å². The number of amides is 1. The Morgan fingerprint density at radius 2 is 1.56 bits per heavy atom. The van der Waals surface area contributed by atoms with Crippen LogP contribution in [0.1, 0.15) is 49.3 Å². The van der Waals surface area contributed by atoms with Crippen LogP contribution in [0.25, 0.3) is 27.4 Å². The highest BCUT2D eigenvalue weighted by Gasteiger charge is 2.49. The molecule has 34 heavy (non-hydrogen) atoms. The van der Waals surface area contributed by atoms with Crippen molar-refractivity contribution in [1.82, 2.24) is 9.88 Å². The fraction of sp³-hybridized carbons (Fsp3) is 0.241. The van der Waals surface area contributed by atoms with Crippen LogP contribution in [0, 0.1) is 0 Å². The number of aliphatic hydroxyl groups is 1. The van der Waals surface area contributed by atoms with Crippen LogP contribution in [0.5, 0.6) is 0 Å². The third-order valence-corrected chi connectivity index (χ3v) is 7.41. The van der Waals surface area contributed by atoms with Gasteiger partial charge >= 0.3 is 0 Å². The van der Waals surface area contributed by atoms with E-state index in [-0.39, 0.29) is 17.4 Å². The van der Waals surface area contributed by atoms with Gasteiger partial charge in [0.2, 0.25) is 0 Å². The van der Waals surface area contributed by atoms with Gasteiger partial charge in [-0.25, -0.2) is 0 Å². The molecular formula is C29H26N2O3. The number of para-hydroxylation sites is 1. The molecule has 1 unspecified atom stereocenters. The summed E-state index contributed by atoms with van der Waals surface area (Å²) in [6.45, 7) is 0. The number of rotatable bonds is 3. The van der Waals surface area contributed by atoms with Gasteiger partial charge in [-0.2, -0.15) is 0 Å². The molecule has 1 atom stereocenters. The van der Waals surface area contributed by atoms with Gasteiger partial charge in [0.05, 0.1) is 11.6 Å². The number of aromatic amines is 1. The Hall–Kier alpha value is -3.86. The molecule has 2 N–H and O–H groups in total. The molecule has 3 aromatic carbocycles. The molecule has 0 bridgehead atoms. The van der Waals surface area contributed by atoms with Gasteiger partial charge in [0.25, 0.3) is 11.7 Å². The Labute approximate surface area is 197 Å². The molecule has 5 heteroatoms. The number of carbonyl (C=O) groups excluding carboxylic acids is 2. The van der Waals surface area contributed by atoms with Gasteiger partial charge < -0.3 is 15.0 Å². The van der Waals surface area contributed by atoms with E-state index < -0.39 is 17.7 Å². The van der Waals surface area contributed by atoms with Gasteiger partial charge in [-0.3, -0.25) is 9.59 Å². The van der Waals surface area contributed by atoms with Crippen molar-refractivity contribution < 1.29 is 14.7 Å². The Morgan fingerprint density at radius 3 is 2.38 bits per heavy atom. The predicted octanol–water partition coefficient (Wildman–Crippen LogP) is 6.08. The predicted molar refractivity (Wildman–Crippen MR) is 133 cm³/mol. The first-order valence-electron chi connectivity index (χ1n) is 12.0. The summed E-state index contributed by atoms with van der Waals surface area (Å²) in [5, 5.41) is 14.4. The summed E-state index contributed by atoms with van der Waals surface area (Å²) in [6, 6.07) is 20.7. The molecule has 1 saturated heterocycles. The second-order valence-electron chi connectivity index (χ2n) is 9.31. The SMILES string of the molecule is O=C1C(=O)N(C2CCCCC2)C(c2c[nH]c3ccccc23)/C1=C(\O)c1cccc2ccccc12. The van der Waals surface area contributed by atoms with Crippen LogP contribution in [0.4, 0.5) is 0 Å². The van der Waals surface area contributed by atoms with Crippen LogP contribution in [-0.4, -0.2) is 32.7 Å². The number of likely N-dealkylation sites (tertiary alicyclic amines) is 1. The molecule has 1 aliphatic heterocycles. The normalized spacial score (nSPS) is 21.1. The lowest BCUT2D eigenvalue weighted by Crippen LogP contribution is -2.40. The van der Waals surface area contributed by atoms with Crippen LogP contribution in [0.3, 0.4) is 0 Å². The number of aliphatic hydroxyl groups excluding tert-OH is 1. The molecule has 2 heterocycles. The highest BCUT2D eigenvalue weighted by molar-refractivity contribution is 6.47. The Kier molecular flexibility index (Phi) is 4.98. The van der Waals surface area contributed by atoms with Gasteiger partial charge in [-0.15, -0.1) is 0 Å². The number of H-pyrrole nitrogens is 1. The number of fused-ring (bicyclic) bond motifs is 2. The fourth-order valence-electron chi connectivity index (χ4n) is 5.79. The summed E-state index contributed by atoms with van der Waals surface area (Å²) < 4.78 is 0. The van der Waals surface area contributed by atoms with Crippen molar-refractivity contribution in [3.05, 3.63) is 89.6 Å². The number of carbonyl (C=O) groups is 2. The molecule has 2 aliphatic rings. The summed E-state index contributed by atoms with van der Waals surface area (Å²) in [7, 11) is 0. The fourth-order valence-corrected chi connectivity index (χ4v) is 5.79. The molecule has 1 saturated carbocycles. The van der Waals surface area contributed by atoms with Crippen molar-refractivity contribution in [2.45, 2.75) is 44.2 Å². The van der Waals surface area contributed by atoms with Crippen LogP contribution in [0.15, 0.2) is 78.5 Å². The molecule has 1 aliphatic carbocycles. The second kappa shape index (κ2) is 8.17. The third kappa shape index (κ3) is 3.15. The Bertz CT molecular complexity index is 1450. The molecular weight excluding hydrogens is 424 g/mol. The smallest absolute Gasteiger partial charge is 0.295 e. The minimum atomic E-state index is -0.627. The zero-order chi connectivity index (χ0) is 23.2. The van der Waals surface area contributed by atoms with E-state index in [2.05, 4.69) is 4.98 Å². The number of Topliss-reactive ketones (excluding diaryl/α,β-unsaturated/α-hetero) is 1. The van der Waals surface area contributed by atoms with Crippen molar-refractivity contribution in [3.63, 3.8) is 0 Å². The minimum Gasteiger partial charge on any atom is -0.507 e. The molecule has 2 fully saturated rings. The number of hydrogen-bond donors (Lipinski definition) is 2. The average molecular weight is 451 g/mol. The molecule has 1 aromatic heterocycles. The summed E-state index contributed by atoms with van der Waals surface area (Å²) in [6.07, 6.45) is 6.86. The number of hydrogen-bond acceptors (Lipinski definition) is 3. The minimum absolute atomic E-state index is 0.0123. The molecule has 0 radical (unpaired) electrons. The van der Waals surface area contributed by atoms with Gasteiger partial charge in [-0.1, -0.05) is 79.9 Å². The van der Waals surface area contributed by atoms with Gasteiger partial charge in [0, 0.05) is 34.3 Å². The van der Waals surface area contributed by atoms with Crippen molar-refractivity contribution in [2.75, 3.05) is 0 Å². The molecule has 5 nitrogen and oxygen atoms in total. The maximum absolute atomic E-state index is 13.5. The maximum Gasteiger partial charge on any atom is 0.295 e. The number of nitrogens with one attached hydrogen (secondary N) is 1. The van der Waals surface area contributed by atoms with Crippen LogP contribution < -0.4 is 0 Å². The van der Waals surface area contributed by atoms with Gasteiger partial charge in [-0.05, 0) is 29.7 Å². The van der Waals surface area contributed by atoms with E-state index in [4.69, 9.17) is 0 Å². The van der Waals surface area contributed by atoms with Crippen molar-refractivity contribution in [1.29, 1.82) is 0 Å². The first kappa shape index (κ1) is 20.7. The summed E-state index contributed by atoms with van der Waals surface area (Å²) in [4.78, 5) is 32.1. The average Bonchev–Trinajstić information content (AvgIpc) is 3.42. The lowest BCUT2D eigenvalue weighted by atomic mass is 9.90. The summed E-state index contributed by atoms with van der Waals surface area (Å²) >= 11 is 0. The van der Waals surface area contributed by atoms with E-state index in [0.717, 1.165) is 59.3 Å². The van der Waals surface area contributed by atoms with E-state index in [0.29, 0.717) is 5.56 Å². The van der Waals surface area contributed by atoms with Gasteiger partial charge in [0.1, 0.15) is 5.76 Å². The van der Waals surface area contributed by atoms with Crippen molar-refractivity contribution in [3.8, 4) is 0 Å². The maximum atomic E-state index is 13.5.